The molecule has 0 saturated heterocycles. The number of carbonyl (C=O) groups excluding carboxylic acids is 1. The van der Waals surface area contributed by atoms with E-state index in [4.69, 9.17) is 0 Å². The number of hydrogen-bond donors (Lipinski definition) is 0. The molecular weight excluding hydrogens is 224 g/mol. The highest BCUT2D eigenvalue weighted by atomic mass is 16.1. The van der Waals surface area contributed by atoms with Gasteiger partial charge >= 0.3 is 0 Å². The van der Waals surface area contributed by atoms with Gasteiger partial charge in [0, 0.05) is 12.5 Å². The van der Waals surface area contributed by atoms with Crippen molar-refractivity contribution >= 4 is 5.78 Å². The number of hydrogen-bond acceptors (Lipinski definition) is 3. The number of ketones is 1. The largest absolute Gasteiger partial charge is 0.293 e. The van der Waals surface area contributed by atoms with E-state index in [0.29, 0.717) is 5.69 Å². The molecule has 1 aliphatic carbocycles. The van der Waals surface area contributed by atoms with Crippen LogP contribution in [0.3, 0.4) is 0 Å². The van der Waals surface area contributed by atoms with Gasteiger partial charge in [-0.1, -0.05) is 24.3 Å². The quantitative estimate of drug-likeness (QED) is 0.717. The van der Waals surface area contributed by atoms with Crippen molar-refractivity contribution in [2.75, 3.05) is 0 Å². The van der Waals surface area contributed by atoms with Gasteiger partial charge in [0.1, 0.15) is 5.69 Å². The number of benzene rings is 1. The zero-order chi connectivity index (χ0) is 12.5. The highest BCUT2D eigenvalue weighted by Crippen LogP contribution is 2.30. The summed E-state index contributed by atoms with van der Waals surface area (Å²) in [5.41, 5.74) is 5.02. The summed E-state index contributed by atoms with van der Waals surface area (Å²) in [6, 6.07) is 10.2. The van der Waals surface area contributed by atoms with Crippen molar-refractivity contribution in [2.24, 2.45) is 0 Å². The molecule has 3 heteroatoms. The van der Waals surface area contributed by atoms with Crippen molar-refractivity contribution in [1.82, 2.24) is 10.2 Å². The molecule has 0 radical (unpaired) electrons. The Balaban J connectivity index is 2.19. The second-order valence-electron chi connectivity index (χ2n) is 4.67. The van der Waals surface area contributed by atoms with Gasteiger partial charge in [-0.15, -0.1) is 10.2 Å². The van der Waals surface area contributed by atoms with Gasteiger partial charge < -0.3 is 0 Å². The normalized spacial score (nSPS) is 13.4. The van der Waals surface area contributed by atoms with E-state index in [9.17, 15) is 4.79 Å². The molecule has 0 N–H and O–H groups in total. The van der Waals surface area contributed by atoms with Crippen LogP contribution in [0.15, 0.2) is 30.3 Å². The summed E-state index contributed by atoms with van der Waals surface area (Å²) in [6.07, 6.45) is 3.11. The fourth-order valence-electron chi connectivity index (χ4n) is 2.46. The van der Waals surface area contributed by atoms with Crippen molar-refractivity contribution in [2.45, 2.75) is 26.2 Å². The number of aromatic nitrogens is 2. The summed E-state index contributed by atoms with van der Waals surface area (Å²) in [5, 5.41) is 8.30. The Morgan fingerprint density at radius 3 is 2.72 bits per heavy atom. The topological polar surface area (TPSA) is 42.9 Å². The first-order valence-electron chi connectivity index (χ1n) is 6.21. The van der Waals surface area contributed by atoms with E-state index in [-0.39, 0.29) is 5.78 Å². The lowest BCUT2D eigenvalue weighted by Gasteiger charge is -2.07. The molecule has 1 heterocycles. The molecule has 90 valence electrons. The smallest absolute Gasteiger partial charge is 0.180 e. The molecular formula is C15H14N2O. The van der Waals surface area contributed by atoms with Gasteiger partial charge in [-0.2, -0.15) is 0 Å². The van der Waals surface area contributed by atoms with Gasteiger partial charge in [-0.25, -0.2) is 0 Å². The second kappa shape index (κ2) is 4.33. The molecule has 1 aromatic carbocycles. The standard InChI is InChI=1S/C15H14N2O/c1-10(18)14-9-12-7-4-6-11-5-2-3-8-13(11)15(12)17-16-14/h2-3,5,8-9H,4,6-7H2,1H3. The van der Waals surface area contributed by atoms with Gasteiger partial charge in [0.15, 0.2) is 5.78 Å². The maximum atomic E-state index is 11.4. The zero-order valence-corrected chi connectivity index (χ0v) is 10.3. The lowest BCUT2D eigenvalue weighted by molar-refractivity contribution is 0.101. The van der Waals surface area contributed by atoms with E-state index in [1.165, 1.54) is 12.5 Å². The van der Waals surface area contributed by atoms with Gasteiger partial charge in [0.05, 0.1) is 5.69 Å². The van der Waals surface area contributed by atoms with E-state index in [2.05, 4.69) is 28.4 Å². The maximum absolute atomic E-state index is 11.4. The lowest BCUT2D eigenvalue weighted by Crippen LogP contribution is -2.03. The van der Waals surface area contributed by atoms with E-state index in [0.717, 1.165) is 36.1 Å². The number of Topliss-reactive ketones (excluding diaryl/α,β-unsaturated/α-hetero) is 1. The maximum Gasteiger partial charge on any atom is 0.180 e. The molecule has 0 spiro atoms. The van der Waals surface area contributed by atoms with Gasteiger partial charge in [0.25, 0.3) is 0 Å². The molecule has 0 unspecified atom stereocenters. The summed E-state index contributed by atoms with van der Waals surface area (Å²) in [5.74, 6) is -0.0252. The minimum Gasteiger partial charge on any atom is -0.293 e. The summed E-state index contributed by atoms with van der Waals surface area (Å²) >= 11 is 0. The van der Waals surface area contributed by atoms with E-state index >= 15 is 0 Å². The molecule has 0 bridgehead atoms. The summed E-state index contributed by atoms with van der Waals surface area (Å²) in [4.78, 5) is 11.4. The molecule has 3 nitrogen and oxygen atoms in total. The molecule has 3 rings (SSSR count). The Labute approximate surface area is 106 Å². The Bertz CT molecular complexity index is 620. The molecule has 0 atom stereocenters. The van der Waals surface area contributed by atoms with Crippen LogP contribution in [0.2, 0.25) is 0 Å². The number of aryl methyl sites for hydroxylation is 2. The third-order valence-electron chi connectivity index (χ3n) is 3.40. The van der Waals surface area contributed by atoms with Crippen molar-refractivity contribution in [3.8, 4) is 11.3 Å². The van der Waals surface area contributed by atoms with Gasteiger partial charge in [0.2, 0.25) is 0 Å². The average Bonchev–Trinajstić information content (AvgIpc) is 2.57. The summed E-state index contributed by atoms with van der Waals surface area (Å²) < 4.78 is 0. The Kier molecular flexibility index (Phi) is 2.67. The number of carbonyl (C=O) groups is 1. The number of nitrogens with zero attached hydrogens (tertiary/aromatic N) is 2. The van der Waals surface area contributed by atoms with Crippen molar-refractivity contribution in [1.29, 1.82) is 0 Å². The fourth-order valence-corrected chi connectivity index (χ4v) is 2.46. The molecule has 0 saturated carbocycles. The predicted molar refractivity (Wildman–Crippen MR) is 69.5 cm³/mol. The highest BCUT2D eigenvalue weighted by Gasteiger charge is 2.17. The minimum absolute atomic E-state index is 0.0252. The van der Waals surface area contributed by atoms with E-state index in [1.54, 1.807) is 0 Å². The molecule has 2 aromatic rings. The third-order valence-corrected chi connectivity index (χ3v) is 3.40. The van der Waals surface area contributed by atoms with Crippen LogP contribution in [-0.4, -0.2) is 16.0 Å². The first kappa shape index (κ1) is 11.1. The van der Waals surface area contributed by atoms with Crippen molar-refractivity contribution < 1.29 is 4.79 Å². The van der Waals surface area contributed by atoms with E-state index in [1.807, 2.05) is 12.1 Å². The molecule has 1 aliphatic rings. The Morgan fingerprint density at radius 2 is 1.89 bits per heavy atom. The lowest BCUT2D eigenvalue weighted by atomic mass is 10.0. The van der Waals surface area contributed by atoms with Crippen LogP contribution in [0, 0.1) is 0 Å². The molecule has 0 fully saturated rings. The van der Waals surface area contributed by atoms with Crippen LogP contribution < -0.4 is 0 Å². The Morgan fingerprint density at radius 1 is 1.11 bits per heavy atom. The van der Waals surface area contributed by atoms with Crippen molar-refractivity contribution in [3.05, 3.63) is 47.2 Å². The van der Waals surface area contributed by atoms with E-state index < -0.39 is 0 Å². The fraction of sp³-hybridized carbons (Fsp3) is 0.267. The van der Waals surface area contributed by atoms with Crippen LogP contribution in [0.5, 0.6) is 0 Å². The minimum atomic E-state index is -0.0252. The average molecular weight is 238 g/mol. The van der Waals surface area contributed by atoms with Gasteiger partial charge in [-0.3, -0.25) is 4.79 Å². The summed E-state index contributed by atoms with van der Waals surface area (Å²) in [6.45, 7) is 1.53. The molecule has 0 amide bonds. The van der Waals surface area contributed by atoms with Crippen molar-refractivity contribution in [3.63, 3.8) is 0 Å². The van der Waals surface area contributed by atoms with Crippen LogP contribution in [-0.2, 0) is 12.8 Å². The molecule has 18 heavy (non-hydrogen) atoms. The SMILES string of the molecule is CC(=O)c1cc2c(nn1)-c1ccccc1CCC2. The number of rotatable bonds is 1. The summed E-state index contributed by atoms with van der Waals surface area (Å²) in [7, 11) is 0. The first-order chi connectivity index (χ1) is 8.75. The highest BCUT2D eigenvalue weighted by molar-refractivity contribution is 5.92. The first-order valence-corrected chi connectivity index (χ1v) is 6.21. The molecule has 1 aromatic heterocycles. The third kappa shape index (κ3) is 1.82. The predicted octanol–water partition coefficient (Wildman–Crippen LogP) is 2.83. The second-order valence-corrected chi connectivity index (χ2v) is 4.67. The Hall–Kier alpha value is -2.03. The molecule has 0 aliphatic heterocycles. The van der Waals surface area contributed by atoms with Crippen LogP contribution in [0.25, 0.3) is 11.3 Å². The van der Waals surface area contributed by atoms with Gasteiger partial charge in [-0.05, 0) is 36.5 Å². The zero-order valence-electron chi connectivity index (χ0n) is 10.3. The monoisotopic (exact) mass is 238 g/mol. The van der Waals surface area contributed by atoms with Crippen LogP contribution in [0.1, 0.15) is 35.0 Å². The number of fused-ring (bicyclic) bond motifs is 3. The van der Waals surface area contributed by atoms with Crippen LogP contribution >= 0.6 is 0 Å². The van der Waals surface area contributed by atoms with Crippen LogP contribution in [0.4, 0.5) is 0 Å².